The molecule has 1 N–H and O–H groups in total. The number of hydrogen-bond acceptors (Lipinski definition) is 2. The minimum atomic E-state index is 0.709. The Morgan fingerprint density at radius 1 is 1.00 bits per heavy atom. The molecule has 0 unspecified atom stereocenters. The first-order valence-electron chi connectivity index (χ1n) is 7.15. The fourth-order valence-corrected chi connectivity index (χ4v) is 2.23. The molecule has 0 aliphatic heterocycles. The van der Waals surface area contributed by atoms with Gasteiger partial charge in [0, 0.05) is 28.8 Å². The SMILES string of the molecule is CC.Clc1ccc2c(NCc3ccccc3)ccnc2c1. The van der Waals surface area contributed by atoms with E-state index in [4.69, 9.17) is 11.6 Å². The van der Waals surface area contributed by atoms with E-state index in [0.29, 0.717) is 5.02 Å². The molecule has 3 heteroatoms. The van der Waals surface area contributed by atoms with Gasteiger partial charge in [-0.15, -0.1) is 0 Å². The van der Waals surface area contributed by atoms with E-state index in [9.17, 15) is 0 Å². The van der Waals surface area contributed by atoms with Gasteiger partial charge >= 0.3 is 0 Å². The van der Waals surface area contributed by atoms with Gasteiger partial charge in [0.15, 0.2) is 0 Å². The third kappa shape index (κ3) is 3.96. The average molecular weight is 299 g/mol. The lowest BCUT2D eigenvalue weighted by Gasteiger charge is -2.09. The Balaban J connectivity index is 0.000000774. The highest BCUT2D eigenvalue weighted by Gasteiger charge is 2.02. The third-order valence-corrected chi connectivity index (χ3v) is 3.27. The quantitative estimate of drug-likeness (QED) is 0.688. The van der Waals surface area contributed by atoms with E-state index in [-0.39, 0.29) is 0 Å². The van der Waals surface area contributed by atoms with Crippen molar-refractivity contribution in [2.45, 2.75) is 20.4 Å². The molecular formula is C18H19ClN2. The second kappa shape index (κ2) is 7.65. The maximum absolute atomic E-state index is 5.98. The zero-order valence-electron chi connectivity index (χ0n) is 12.3. The molecule has 0 atom stereocenters. The number of rotatable bonds is 3. The van der Waals surface area contributed by atoms with Crippen molar-refractivity contribution in [2.24, 2.45) is 0 Å². The Bertz CT molecular complexity index is 696. The van der Waals surface area contributed by atoms with E-state index >= 15 is 0 Å². The van der Waals surface area contributed by atoms with Gasteiger partial charge in [0.25, 0.3) is 0 Å². The molecule has 108 valence electrons. The lowest BCUT2D eigenvalue weighted by atomic mass is 10.1. The summed E-state index contributed by atoms with van der Waals surface area (Å²) in [6, 6.07) is 18.1. The number of anilines is 1. The average Bonchev–Trinajstić information content (AvgIpc) is 2.55. The van der Waals surface area contributed by atoms with Crippen LogP contribution in [0.25, 0.3) is 10.9 Å². The minimum Gasteiger partial charge on any atom is -0.380 e. The first kappa shape index (κ1) is 15.3. The topological polar surface area (TPSA) is 24.9 Å². The lowest BCUT2D eigenvalue weighted by molar-refractivity contribution is 1.15. The highest BCUT2D eigenvalue weighted by atomic mass is 35.5. The number of aromatic nitrogens is 1. The van der Waals surface area contributed by atoms with E-state index < -0.39 is 0 Å². The van der Waals surface area contributed by atoms with Crippen LogP contribution in [0.4, 0.5) is 5.69 Å². The van der Waals surface area contributed by atoms with Crippen molar-refractivity contribution in [3.8, 4) is 0 Å². The maximum Gasteiger partial charge on any atom is 0.0737 e. The summed E-state index contributed by atoms with van der Waals surface area (Å²) < 4.78 is 0. The summed E-state index contributed by atoms with van der Waals surface area (Å²) in [5.41, 5.74) is 3.23. The van der Waals surface area contributed by atoms with Gasteiger partial charge in [-0.05, 0) is 29.8 Å². The van der Waals surface area contributed by atoms with Gasteiger partial charge in [-0.2, -0.15) is 0 Å². The van der Waals surface area contributed by atoms with Gasteiger partial charge in [0.1, 0.15) is 0 Å². The normalized spacial score (nSPS) is 9.86. The summed E-state index contributed by atoms with van der Waals surface area (Å²) in [6.07, 6.45) is 1.80. The Hall–Kier alpha value is -2.06. The number of hydrogen-bond donors (Lipinski definition) is 1. The number of halogens is 1. The molecule has 0 amide bonds. The van der Waals surface area contributed by atoms with Crippen LogP contribution in [-0.4, -0.2) is 4.98 Å². The van der Waals surface area contributed by atoms with E-state index in [0.717, 1.165) is 23.1 Å². The molecule has 0 saturated heterocycles. The second-order valence-corrected chi connectivity index (χ2v) is 4.80. The predicted octanol–water partition coefficient (Wildman–Crippen LogP) is 5.53. The highest BCUT2D eigenvalue weighted by molar-refractivity contribution is 6.31. The molecule has 1 heterocycles. The number of fused-ring (bicyclic) bond motifs is 1. The van der Waals surface area contributed by atoms with E-state index in [1.807, 2.05) is 56.3 Å². The van der Waals surface area contributed by atoms with Crippen LogP contribution in [0.5, 0.6) is 0 Å². The van der Waals surface area contributed by atoms with Gasteiger partial charge in [-0.1, -0.05) is 55.8 Å². The Morgan fingerprint density at radius 2 is 1.76 bits per heavy atom. The van der Waals surface area contributed by atoms with Crippen LogP contribution >= 0.6 is 11.6 Å². The lowest BCUT2D eigenvalue weighted by Crippen LogP contribution is -2.00. The van der Waals surface area contributed by atoms with Crippen molar-refractivity contribution in [2.75, 3.05) is 5.32 Å². The largest absolute Gasteiger partial charge is 0.380 e. The molecule has 2 aromatic carbocycles. The summed E-state index contributed by atoms with van der Waals surface area (Å²) in [7, 11) is 0. The molecule has 0 aliphatic rings. The molecule has 0 fully saturated rings. The summed E-state index contributed by atoms with van der Waals surface area (Å²) >= 11 is 5.98. The van der Waals surface area contributed by atoms with Crippen LogP contribution in [0.15, 0.2) is 60.8 Å². The molecule has 1 aromatic heterocycles. The Labute approximate surface area is 130 Å². The molecule has 2 nitrogen and oxygen atoms in total. The molecule has 0 radical (unpaired) electrons. The Kier molecular flexibility index (Phi) is 5.59. The smallest absolute Gasteiger partial charge is 0.0737 e. The maximum atomic E-state index is 5.98. The first-order valence-corrected chi connectivity index (χ1v) is 7.53. The van der Waals surface area contributed by atoms with Crippen molar-refractivity contribution in [3.05, 3.63) is 71.4 Å². The van der Waals surface area contributed by atoms with Gasteiger partial charge < -0.3 is 5.32 Å². The molecule has 3 aromatic rings. The molecular weight excluding hydrogens is 280 g/mol. The molecule has 0 saturated carbocycles. The number of nitrogens with one attached hydrogen (secondary N) is 1. The third-order valence-electron chi connectivity index (χ3n) is 3.03. The summed E-state index contributed by atoms with van der Waals surface area (Å²) in [6.45, 7) is 4.79. The Morgan fingerprint density at radius 3 is 2.52 bits per heavy atom. The van der Waals surface area contributed by atoms with Crippen LogP contribution in [0.3, 0.4) is 0 Å². The van der Waals surface area contributed by atoms with Crippen LogP contribution in [0.2, 0.25) is 5.02 Å². The molecule has 21 heavy (non-hydrogen) atoms. The van der Waals surface area contributed by atoms with E-state index in [1.54, 1.807) is 6.20 Å². The highest BCUT2D eigenvalue weighted by Crippen LogP contribution is 2.24. The van der Waals surface area contributed by atoms with E-state index in [1.165, 1.54) is 5.56 Å². The fraction of sp³-hybridized carbons (Fsp3) is 0.167. The van der Waals surface area contributed by atoms with Crippen molar-refractivity contribution in [1.29, 1.82) is 0 Å². The van der Waals surface area contributed by atoms with Gasteiger partial charge in [-0.25, -0.2) is 0 Å². The number of benzene rings is 2. The van der Waals surface area contributed by atoms with Crippen molar-refractivity contribution in [3.63, 3.8) is 0 Å². The molecule has 0 spiro atoms. The number of pyridine rings is 1. The van der Waals surface area contributed by atoms with Gasteiger partial charge in [0.05, 0.1) is 5.52 Å². The minimum absolute atomic E-state index is 0.709. The monoisotopic (exact) mass is 298 g/mol. The van der Waals surface area contributed by atoms with Crippen LogP contribution < -0.4 is 5.32 Å². The molecule has 0 bridgehead atoms. The predicted molar refractivity (Wildman–Crippen MR) is 91.9 cm³/mol. The second-order valence-electron chi connectivity index (χ2n) is 4.36. The fourth-order valence-electron chi connectivity index (χ4n) is 2.07. The van der Waals surface area contributed by atoms with Crippen molar-refractivity contribution >= 4 is 28.2 Å². The zero-order valence-corrected chi connectivity index (χ0v) is 13.1. The zero-order chi connectivity index (χ0) is 15.1. The van der Waals surface area contributed by atoms with Crippen molar-refractivity contribution in [1.82, 2.24) is 4.98 Å². The molecule has 0 aliphatic carbocycles. The van der Waals surface area contributed by atoms with E-state index in [2.05, 4.69) is 22.4 Å². The van der Waals surface area contributed by atoms with Gasteiger partial charge in [-0.3, -0.25) is 4.98 Å². The standard InChI is InChI=1S/C16H13ClN2.C2H6/c17-13-6-7-14-15(8-9-18-16(14)10-13)19-11-12-4-2-1-3-5-12;1-2/h1-10H,11H2,(H,18,19);1-2H3. The summed E-state index contributed by atoms with van der Waals surface area (Å²) in [5, 5.41) is 5.23. The van der Waals surface area contributed by atoms with Gasteiger partial charge in [0.2, 0.25) is 0 Å². The number of nitrogens with zero attached hydrogens (tertiary/aromatic N) is 1. The summed E-state index contributed by atoms with van der Waals surface area (Å²) in [4.78, 5) is 4.33. The summed E-state index contributed by atoms with van der Waals surface area (Å²) in [5.74, 6) is 0. The van der Waals surface area contributed by atoms with Crippen molar-refractivity contribution < 1.29 is 0 Å². The van der Waals surface area contributed by atoms with Crippen LogP contribution in [-0.2, 0) is 6.54 Å². The first-order chi connectivity index (χ1) is 10.3. The van der Waals surface area contributed by atoms with Crippen LogP contribution in [0.1, 0.15) is 19.4 Å². The molecule has 3 rings (SSSR count). The van der Waals surface area contributed by atoms with Crippen LogP contribution in [0, 0.1) is 0 Å².